The molecule has 5 heteroatoms. The van der Waals surface area contributed by atoms with Crippen molar-refractivity contribution in [2.45, 2.75) is 25.3 Å². The number of amides is 1. The lowest BCUT2D eigenvalue weighted by atomic mass is 9.82. The predicted molar refractivity (Wildman–Crippen MR) is 128 cm³/mol. The Kier molecular flexibility index (Phi) is 4.47. The third kappa shape index (κ3) is 2.75. The molecule has 33 heavy (non-hydrogen) atoms. The number of para-hydroxylation sites is 1. The Labute approximate surface area is 192 Å². The zero-order valence-electron chi connectivity index (χ0n) is 19.0. The van der Waals surface area contributed by atoms with Crippen molar-refractivity contribution in [3.63, 3.8) is 0 Å². The molecule has 166 valence electrons. The number of aryl methyl sites for hydroxylation is 1. The molecule has 1 N–H and O–H groups in total. The van der Waals surface area contributed by atoms with Crippen LogP contribution in [0.4, 0.5) is 0 Å². The number of nitrogens with zero attached hydrogens (tertiary/aromatic N) is 1. The summed E-state index contributed by atoms with van der Waals surface area (Å²) in [5.41, 5.74) is 7.58. The lowest BCUT2D eigenvalue weighted by Crippen LogP contribution is -2.37. The molecule has 3 aromatic carbocycles. The summed E-state index contributed by atoms with van der Waals surface area (Å²) in [4.78, 5) is 19.4. The number of hydrogen-bond donors (Lipinski definition) is 1. The van der Waals surface area contributed by atoms with E-state index in [1.54, 1.807) is 14.2 Å². The first kappa shape index (κ1) is 19.9. The van der Waals surface area contributed by atoms with Crippen LogP contribution in [0, 0.1) is 0 Å². The number of H-pyrrole nitrogens is 1. The van der Waals surface area contributed by atoms with Crippen molar-refractivity contribution in [3.05, 3.63) is 94.2 Å². The van der Waals surface area contributed by atoms with E-state index in [2.05, 4.69) is 60.4 Å². The van der Waals surface area contributed by atoms with Gasteiger partial charge in [0.2, 0.25) is 0 Å². The van der Waals surface area contributed by atoms with E-state index in [-0.39, 0.29) is 17.9 Å². The van der Waals surface area contributed by atoms with Crippen LogP contribution >= 0.6 is 0 Å². The highest BCUT2D eigenvalue weighted by Crippen LogP contribution is 2.52. The fraction of sp³-hybridized carbons (Fsp3) is 0.250. The van der Waals surface area contributed by atoms with Gasteiger partial charge in [-0.15, -0.1) is 0 Å². The molecule has 4 aromatic rings. The van der Waals surface area contributed by atoms with Crippen LogP contribution in [0.3, 0.4) is 0 Å². The normalized spacial score (nSPS) is 18.8. The van der Waals surface area contributed by atoms with Gasteiger partial charge in [-0.05, 0) is 40.8 Å². The quantitative estimate of drug-likeness (QED) is 0.462. The lowest BCUT2D eigenvalue weighted by Gasteiger charge is -2.36. The minimum atomic E-state index is -0.166. The number of carbonyl (C=O) groups excluding carboxylic acids is 1. The molecule has 0 spiro atoms. The Balaban J connectivity index is 1.59. The summed E-state index contributed by atoms with van der Waals surface area (Å²) in [6.07, 6.45) is 1.01. The predicted octanol–water partition coefficient (Wildman–Crippen LogP) is 5.44. The highest BCUT2D eigenvalue weighted by atomic mass is 16.5. The number of aromatic nitrogens is 1. The topological polar surface area (TPSA) is 54.6 Å². The van der Waals surface area contributed by atoms with Gasteiger partial charge in [0.15, 0.2) is 11.5 Å². The van der Waals surface area contributed by atoms with Crippen LogP contribution in [0.1, 0.15) is 57.2 Å². The summed E-state index contributed by atoms with van der Waals surface area (Å²) in [5, 5.41) is 1.22. The molecule has 0 saturated carbocycles. The zero-order valence-corrected chi connectivity index (χ0v) is 19.0. The number of carbonyl (C=O) groups is 1. The fourth-order valence-corrected chi connectivity index (χ4v) is 5.64. The first-order valence-corrected chi connectivity index (χ1v) is 11.4. The van der Waals surface area contributed by atoms with Gasteiger partial charge in [0, 0.05) is 29.1 Å². The molecule has 5 nitrogen and oxygen atoms in total. The number of methoxy groups -OCH3 is 2. The van der Waals surface area contributed by atoms with Gasteiger partial charge in [0.25, 0.3) is 5.91 Å². The van der Waals surface area contributed by atoms with Crippen LogP contribution in [0.25, 0.3) is 10.9 Å². The first-order valence-electron chi connectivity index (χ1n) is 11.4. The molecule has 2 aliphatic rings. The van der Waals surface area contributed by atoms with Crippen molar-refractivity contribution in [2.24, 2.45) is 0 Å². The molecule has 3 heterocycles. The molecule has 2 unspecified atom stereocenters. The van der Waals surface area contributed by atoms with Gasteiger partial charge in [-0.25, -0.2) is 0 Å². The average molecular weight is 439 g/mol. The van der Waals surface area contributed by atoms with Gasteiger partial charge in [0.1, 0.15) is 0 Å². The summed E-state index contributed by atoms with van der Waals surface area (Å²) < 4.78 is 11.1. The average Bonchev–Trinajstić information content (AvgIpc) is 3.39. The van der Waals surface area contributed by atoms with Gasteiger partial charge < -0.3 is 19.4 Å². The fourth-order valence-electron chi connectivity index (χ4n) is 5.64. The summed E-state index contributed by atoms with van der Waals surface area (Å²) in [7, 11) is 3.19. The largest absolute Gasteiger partial charge is 0.493 e. The second kappa shape index (κ2) is 7.41. The van der Waals surface area contributed by atoms with Gasteiger partial charge in [-0.1, -0.05) is 55.5 Å². The second-order valence-electron chi connectivity index (χ2n) is 8.77. The third-order valence-corrected chi connectivity index (χ3v) is 7.23. The van der Waals surface area contributed by atoms with Crippen molar-refractivity contribution in [1.29, 1.82) is 0 Å². The number of hydrogen-bond acceptors (Lipinski definition) is 3. The highest BCUT2D eigenvalue weighted by molar-refractivity contribution is 6.04. The van der Waals surface area contributed by atoms with E-state index in [4.69, 9.17) is 9.47 Å². The highest BCUT2D eigenvalue weighted by Gasteiger charge is 2.47. The lowest BCUT2D eigenvalue weighted by molar-refractivity contribution is 0.0725. The monoisotopic (exact) mass is 438 g/mol. The summed E-state index contributed by atoms with van der Waals surface area (Å²) >= 11 is 0. The van der Waals surface area contributed by atoms with E-state index < -0.39 is 0 Å². The van der Waals surface area contributed by atoms with Crippen LogP contribution in [0.2, 0.25) is 0 Å². The maximum absolute atomic E-state index is 13.8. The molecule has 0 bridgehead atoms. The zero-order chi connectivity index (χ0) is 22.7. The number of benzene rings is 3. The van der Waals surface area contributed by atoms with E-state index >= 15 is 0 Å². The van der Waals surface area contributed by atoms with Crippen molar-refractivity contribution >= 4 is 16.8 Å². The molecule has 1 aromatic heterocycles. The minimum Gasteiger partial charge on any atom is -0.493 e. The molecular weight excluding hydrogens is 412 g/mol. The van der Waals surface area contributed by atoms with E-state index in [1.165, 1.54) is 22.1 Å². The van der Waals surface area contributed by atoms with Crippen molar-refractivity contribution < 1.29 is 14.3 Å². The Bertz CT molecular complexity index is 1390. The van der Waals surface area contributed by atoms with Crippen molar-refractivity contribution in [1.82, 2.24) is 9.88 Å². The van der Waals surface area contributed by atoms with Crippen LogP contribution in [0.15, 0.2) is 60.7 Å². The molecule has 0 saturated heterocycles. The van der Waals surface area contributed by atoms with Crippen molar-refractivity contribution in [3.8, 4) is 11.5 Å². The molecule has 6 rings (SSSR count). The van der Waals surface area contributed by atoms with E-state index in [0.717, 1.165) is 23.2 Å². The molecule has 1 amide bonds. The van der Waals surface area contributed by atoms with Gasteiger partial charge in [0.05, 0.1) is 25.8 Å². The number of ether oxygens (including phenoxy) is 2. The van der Waals surface area contributed by atoms with Gasteiger partial charge in [-0.3, -0.25) is 4.79 Å². The Hall–Kier alpha value is -3.73. The SMILES string of the molecule is CCc1ccc(C2CN3C(=O)c4c(ccc(OC)c4OC)C3c3[nH]c4ccccc4c32)cc1. The van der Waals surface area contributed by atoms with Crippen LogP contribution < -0.4 is 9.47 Å². The summed E-state index contributed by atoms with van der Waals surface area (Å²) in [6.45, 7) is 2.78. The van der Waals surface area contributed by atoms with Gasteiger partial charge >= 0.3 is 0 Å². The molecule has 2 aliphatic heterocycles. The number of aromatic amines is 1. The Morgan fingerprint density at radius 1 is 1.00 bits per heavy atom. The molecule has 0 aliphatic carbocycles. The molecule has 2 atom stereocenters. The number of fused-ring (bicyclic) bond motifs is 7. The van der Waals surface area contributed by atoms with Crippen molar-refractivity contribution in [2.75, 3.05) is 20.8 Å². The third-order valence-electron chi connectivity index (χ3n) is 7.23. The summed E-state index contributed by atoms with van der Waals surface area (Å²) in [5.74, 6) is 1.17. The van der Waals surface area contributed by atoms with E-state index in [1.807, 2.05) is 17.0 Å². The van der Waals surface area contributed by atoms with Gasteiger partial charge in [-0.2, -0.15) is 0 Å². The maximum Gasteiger partial charge on any atom is 0.259 e. The maximum atomic E-state index is 13.8. The number of nitrogens with one attached hydrogen (secondary N) is 1. The van der Waals surface area contributed by atoms with E-state index in [9.17, 15) is 4.79 Å². The Morgan fingerprint density at radius 3 is 2.52 bits per heavy atom. The molecular formula is C28H26N2O3. The first-order chi connectivity index (χ1) is 16.2. The molecule has 0 fully saturated rings. The second-order valence-corrected chi connectivity index (χ2v) is 8.77. The minimum absolute atomic E-state index is 0.00904. The summed E-state index contributed by atoms with van der Waals surface area (Å²) in [6, 6.07) is 21.0. The van der Waals surface area contributed by atoms with Crippen LogP contribution in [-0.2, 0) is 6.42 Å². The van der Waals surface area contributed by atoms with Crippen LogP contribution in [-0.4, -0.2) is 36.6 Å². The standard InChI is InChI=1S/C28H26N2O3/c1-4-16-9-11-17(12-10-16)20-15-30-26(25-23(20)18-7-5-6-8-21(18)29-25)19-13-14-22(32-2)27(33-3)24(19)28(30)31/h5-14,20,26,29H,4,15H2,1-3H3. The Morgan fingerprint density at radius 2 is 1.79 bits per heavy atom. The smallest absolute Gasteiger partial charge is 0.259 e. The van der Waals surface area contributed by atoms with E-state index in [0.29, 0.717) is 23.6 Å². The van der Waals surface area contributed by atoms with Crippen LogP contribution in [0.5, 0.6) is 11.5 Å². The number of rotatable bonds is 4. The molecule has 0 radical (unpaired) electrons.